The van der Waals surface area contributed by atoms with E-state index in [1.54, 1.807) is 0 Å². The van der Waals surface area contributed by atoms with E-state index in [1.807, 2.05) is 0 Å². The monoisotopic (exact) mass is 130 g/mol. The van der Waals surface area contributed by atoms with Gasteiger partial charge in [-0.25, -0.2) is 0 Å². The van der Waals surface area contributed by atoms with E-state index >= 15 is 0 Å². The first-order valence-corrected chi connectivity index (χ1v) is 6.65. The minimum Gasteiger partial charge on any atom is -0.333 e. The van der Waals surface area contributed by atoms with E-state index < -0.39 is 8.24 Å². The van der Waals surface area contributed by atoms with Crippen LogP contribution < -0.4 is 4.98 Å². The quantitative estimate of drug-likeness (QED) is 0.576. The minimum atomic E-state index is -0.984. The topological polar surface area (TPSA) is 12.0 Å². The van der Waals surface area contributed by atoms with E-state index in [2.05, 4.69) is 38.1 Å². The van der Waals surface area contributed by atoms with Crippen LogP contribution in [0.1, 0.15) is 13.3 Å². The fraction of sp³-hybridized carbons (Fsp3) is 0.833. The van der Waals surface area contributed by atoms with Gasteiger partial charge in [-0.2, -0.15) is 0 Å². The third-order valence-corrected chi connectivity index (χ3v) is 1.81. The highest BCUT2D eigenvalue weighted by Gasteiger charge is 2.09. The van der Waals surface area contributed by atoms with Gasteiger partial charge in [0, 0.05) is 6.54 Å². The summed E-state index contributed by atoms with van der Waals surface area (Å²) in [6, 6.07) is 0. The van der Waals surface area contributed by atoms with Crippen molar-refractivity contribution in [3.05, 3.63) is 6.54 Å². The molecule has 0 fully saturated rings. The standard InChI is InChI=1S/C6H16NSi/c1-5-6-7-8(2,3)4/h6-7H,5H2,1-4H3. The van der Waals surface area contributed by atoms with Gasteiger partial charge in [0.05, 0.1) is 0 Å². The van der Waals surface area contributed by atoms with Crippen molar-refractivity contribution in [3.63, 3.8) is 0 Å². The van der Waals surface area contributed by atoms with Gasteiger partial charge in [-0.15, -0.1) is 0 Å². The third-order valence-electron chi connectivity index (χ3n) is 0.739. The maximum absolute atomic E-state index is 3.39. The summed E-state index contributed by atoms with van der Waals surface area (Å²) in [6.07, 6.45) is 1.13. The fourth-order valence-electron chi connectivity index (χ4n) is 0.408. The Hall–Kier alpha value is 0.177. The Kier molecular flexibility index (Phi) is 3.32. The molecular weight excluding hydrogens is 114 g/mol. The lowest BCUT2D eigenvalue weighted by molar-refractivity contribution is 0.969. The van der Waals surface area contributed by atoms with Crippen molar-refractivity contribution in [2.45, 2.75) is 33.0 Å². The zero-order valence-corrected chi connectivity index (χ0v) is 7.28. The molecule has 0 heterocycles. The molecule has 0 rings (SSSR count). The van der Waals surface area contributed by atoms with Crippen LogP contribution in [0.15, 0.2) is 0 Å². The van der Waals surface area contributed by atoms with Crippen LogP contribution in [-0.2, 0) is 0 Å². The van der Waals surface area contributed by atoms with Crippen molar-refractivity contribution in [2.75, 3.05) is 0 Å². The Labute approximate surface area is 53.6 Å². The van der Waals surface area contributed by atoms with Crippen LogP contribution in [0.3, 0.4) is 0 Å². The van der Waals surface area contributed by atoms with Crippen LogP contribution in [0.25, 0.3) is 0 Å². The lowest BCUT2D eigenvalue weighted by atomic mass is 10.5. The first kappa shape index (κ1) is 8.18. The second kappa shape index (κ2) is 3.25. The van der Waals surface area contributed by atoms with Crippen LogP contribution in [0.2, 0.25) is 19.6 Å². The summed E-state index contributed by atoms with van der Waals surface area (Å²) in [5.41, 5.74) is 0. The first-order chi connectivity index (χ1) is 3.56. The zero-order valence-electron chi connectivity index (χ0n) is 6.28. The van der Waals surface area contributed by atoms with Crippen molar-refractivity contribution in [1.29, 1.82) is 0 Å². The largest absolute Gasteiger partial charge is 0.333 e. The molecule has 0 aromatic heterocycles. The molecule has 49 valence electrons. The number of nitrogens with one attached hydrogen (secondary N) is 1. The summed E-state index contributed by atoms with van der Waals surface area (Å²) in [5.74, 6) is 0. The number of hydrogen-bond acceptors (Lipinski definition) is 1. The maximum Gasteiger partial charge on any atom is 0.116 e. The molecule has 1 nitrogen and oxygen atoms in total. The van der Waals surface area contributed by atoms with Crippen molar-refractivity contribution < 1.29 is 0 Å². The van der Waals surface area contributed by atoms with Gasteiger partial charge in [0.1, 0.15) is 8.24 Å². The highest BCUT2D eigenvalue weighted by molar-refractivity contribution is 6.73. The Morgan fingerprint density at radius 1 is 1.38 bits per heavy atom. The summed E-state index contributed by atoms with van der Waals surface area (Å²) >= 11 is 0. The van der Waals surface area contributed by atoms with Crippen molar-refractivity contribution in [2.24, 2.45) is 0 Å². The fourth-order valence-corrected chi connectivity index (χ4v) is 1.22. The third kappa shape index (κ3) is 6.18. The molecule has 0 aliphatic carbocycles. The van der Waals surface area contributed by atoms with E-state index in [9.17, 15) is 0 Å². The van der Waals surface area contributed by atoms with Gasteiger partial charge in [0.15, 0.2) is 0 Å². The van der Waals surface area contributed by atoms with E-state index in [0.29, 0.717) is 0 Å². The van der Waals surface area contributed by atoms with Crippen molar-refractivity contribution in [1.82, 2.24) is 4.98 Å². The van der Waals surface area contributed by atoms with E-state index in [4.69, 9.17) is 0 Å². The highest BCUT2D eigenvalue weighted by atomic mass is 28.3. The molecule has 2 heteroatoms. The van der Waals surface area contributed by atoms with Gasteiger partial charge < -0.3 is 4.98 Å². The summed E-state index contributed by atoms with van der Waals surface area (Å²) in [7, 11) is -0.984. The van der Waals surface area contributed by atoms with Crippen LogP contribution >= 0.6 is 0 Å². The average molecular weight is 130 g/mol. The molecule has 0 aromatic carbocycles. The second-order valence-corrected chi connectivity index (χ2v) is 7.80. The predicted molar refractivity (Wildman–Crippen MR) is 41.1 cm³/mol. The van der Waals surface area contributed by atoms with Crippen molar-refractivity contribution in [3.8, 4) is 0 Å². The van der Waals surface area contributed by atoms with Gasteiger partial charge in [0.2, 0.25) is 0 Å². The molecule has 0 bridgehead atoms. The van der Waals surface area contributed by atoms with Crippen LogP contribution in [0.5, 0.6) is 0 Å². The molecule has 0 amide bonds. The molecule has 0 atom stereocenters. The number of hydrogen-bond donors (Lipinski definition) is 1. The Bertz CT molecular complexity index is 56.0. The summed E-state index contributed by atoms with van der Waals surface area (Å²) in [4.78, 5) is 3.39. The molecule has 8 heavy (non-hydrogen) atoms. The Balaban J connectivity index is 3.11. The minimum absolute atomic E-state index is 0.984. The summed E-state index contributed by atoms with van der Waals surface area (Å²) in [5, 5.41) is 0. The van der Waals surface area contributed by atoms with Crippen LogP contribution in [-0.4, -0.2) is 8.24 Å². The smallest absolute Gasteiger partial charge is 0.116 e. The lowest BCUT2D eigenvalue weighted by Crippen LogP contribution is -2.38. The van der Waals surface area contributed by atoms with Gasteiger partial charge in [-0.1, -0.05) is 26.6 Å². The molecule has 0 aliphatic heterocycles. The SMILES string of the molecule is CC[CH]N[Si](C)(C)C. The van der Waals surface area contributed by atoms with Crippen molar-refractivity contribution >= 4 is 8.24 Å². The van der Waals surface area contributed by atoms with Crippen LogP contribution in [0.4, 0.5) is 0 Å². The molecule has 1 radical (unpaired) electrons. The molecule has 0 saturated carbocycles. The lowest BCUT2D eigenvalue weighted by Gasteiger charge is -2.16. The van der Waals surface area contributed by atoms with Gasteiger partial charge in [-0.3, -0.25) is 0 Å². The van der Waals surface area contributed by atoms with Gasteiger partial charge in [-0.05, 0) is 6.42 Å². The molecule has 0 unspecified atom stereocenters. The Morgan fingerprint density at radius 2 is 1.88 bits per heavy atom. The number of rotatable bonds is 3. The highest BCUT2D eigenvalue weighted by Crippen LogP contribution is 1.95. The van der Waals surface area contributed by atoms with E-state index in [1.165, 1.54) is 0 Å². The van der Waals surface area contributed by atoms with Crippen LogP contribution in [0, 0.1) is 6.54 Å². The normalized spacial score (nSPS) is 12.0. The molecule has 0 aromatic rings. The second-order valence-electron chi connectivity index (χ2n) is 3.01. The van der Waals surface area contributed by atoms with Gasteiger partial charge in [0.25, 0.3) is 0 Å². The average Bonchev–Trinajstić information content (AvgIpc) is 1.59. The molecule has 0 saturated heterocycles. The molecule has 1 N–H and O–H groups in total. The van der Waals surface area contributed by atoms with E-state index in [-0.39, 0.29) is 0 Å². The summed E-state index contributed by atoms with van der Waals surface area (Å²) < 4.78 is 0. The maximum atomic E-state index is 3.39. The molecule has 0 spiro atoms. The van der Waals surface area contributed by atoms with Gasteiger partial charge >= 0.3 is 0 Å². The first-order valence-electron chi connectivity index (χ1n) is 3.15. The van der Waals surface area contributed by atoms with E-state index in [0.717, 1.165) is 6.42 Å². The molecular formula is C6H16NSi. The zero-order chi connectivity index (χ0) is 6.62. The molecule has 0 aliphatic rings. The Morgan fingerprint density at radius 3 is 2.00 bits per heavy atom. The predicted octanol–water partition coefficient (Wildman–Crippen LogP) is 1.98. The summed E-state index contributed by atoms with van der Waals surface area (Å²) in [6.45, 7) is 11.2.